The van der Waals surface area contributed by atoms with Gasteiger partial charge in [0.05, 0.1) is 9.40 Å². The fourth-order valence-corrected chi connectivity index (χ4v) is 2.70. The van der Waals surface area contributed by atoms with Crippen LogP contribution in [0.25, 0.3) is 0 Å². The molecule has 7 heteroatoms. The predicted molar refractivity (Wildman–Crippen MR) is 95.7 cm³/mol. The standard InChI is InChI=1S/C17H17BrN2O4/c1-9(2)13-8-14(10(3)15(18)16(13)21)19-17(22)11-4-6-12(7-5-11)20(23)24/h4-9,21H,1-3H3,(H,19,22). The fraction of sp³-hybridized carbons (Fsp3) is 0.235. The zero-order chi connectivity index (χ0) is 18.0. The van der Waals surface area contributed by atoms with Crippen LogP contribution in [0.1, 0.15) is 41.3 Å². The molecular weight excluding hydrogens is 376 g/mol. The minimum absolute atomic E-state index is 0.0720. The van der Waals surface area contributed by atoms with Crippen LogP contribution in [0.3, 0.4) is 0 Å². The van der Waals surface area contributed by atoms with Crippen LogP contribution in [0, 0.1) is 17.0 Å². The van der Waals surface area contributed by atoms with Crippen molar-refractivity contribution in [2.45, 2.75) is 26.7 Å². The summed E-state index contributed by atoms with van der Waals surface area (Å²) in [5, 5.41) is 23.6. The average molecular weight is 393 g/mol. The van der Waals surface area contributed by atoms with Crippen molar-refractivity contribution in [3.05, 3.63) is 61.6 Å². The first-order chi connectivity index (χ1) is 11.2. The highest BCUT2D eigenvalue weighted by atomic mass is 79.9. The molecule has 0 fully saturated rings. The number of non-ortho nitro benzene ring substituents is 1. The molecule has 2 aromatic rings. The summed E-state index contributed by atoms with van der Waals surface area (Å²) in [5.41, 5.74) is 2.23. The molecule has 0 radical (unpaired) electrons. The Morgan fingerprint density at radius 2 is 1.88 bits per heavy atom. The van der Waals surface area contributed by atoms with Gasteiger partial charge in [-0.15, -0.1) is 0 Å². The van der Waals surface area contributed by atoms with E-state index in [4.69, 9.17) is 0 Å². The third-order valence-corrected chi connectivity index (χ3v) is 4.70. The number of rotatable bonds is 4. The molecule has 0 spiro atoms. The molecule has 0 bridgehead atoms. The summed E-state index contributed by atoms with van der Waals surface area (Å²) in [6.07, 6.45) is 0. The SMILES string of the molecule is Cc1c(NC(=O)c2ccc([N+](=O)[O-])cc2)cc(C(C)C)c(O)c1Br. The Bertz CT molecular complexity index is 801. The Morgan fingerprint density at radius 1 is 1.29 bits per heavy atom. The number of aromatic hydroxyl groups is 1. The van der Waals surface area contributed by atoms with E-state index in [0.29, 0.717) is 26.9 Å². The van der Waals surface area contributed by atoms with Gasteiger partial charge in [-0.25, -0.2) is 0 Å². The Balaban J connectivity index is 2.33. The molecule has 0 atom stereocenters. The van der Waals surface area contributed by atoms with Gasteiger partial charge in [0.15, 0.2) is 0 Å². The maximum atomic E-state index is 12.4. The molecule has 2 aromatic carbocycles. The number of nitrogens with one attached hydrogen (secondary N) is 1. The minimum atomic E-state index is -0.516. The van der Waals surface area contributed by atoms with Gasteiger partial charge in [-0.3, -0.25) is 14.9 Å². The van der Waals surface area contributed by atoms with E-state index < -0.39 is 4.92 Å². The van der Waals surface area contributed by atoms with Crippen molar-refractivity contribution in [3.63, 3.8) is 0 Å². The van der Waals surface area contributed by atoms with Crippen LogP contribution in [0.4, 0.5) is 11.4 Å². The second-order valence-electron chi connectivity index (χ2n) is 5.71. The zero-order valence-electron chi connectivity index (χ0n) is 13.5. The first kappa shape index (κ1) is 17.9. The van der Waals surface area contributed by atoms with Crippen LogP contribution in [0.5, 0.6) is 5.75 Å². The number of nitro groups is 1. The summed E-state index contributed by atoms with van der Waals surface area (Å²) in [5.74, 6) is -0.131. The number of nitrogens with zero attached hydrogens (tertiary/aromatic N) is 1. The molecule has 2 N–H and O–H groups in total. The van der Waals surface area contributed by atoms with E-state index in [1.165, 1.54) is 24.3 Å². The van der Waals surface area contributed by atoms with Crippen LogP contribution in [-0.4, -0.2) is 15.9 Å². The van der Waals surface area contributed by atoms with E-state index in [2.05, 4.69) is 21.2 Å². The third-order valence-electron chi connectivity index (χ3n) is 3.72. The van der Waals surface area contributed by atoms with Gasteiger partial charge < -0.3 is 10.4 Å². The maximum absolute atomic E-state index is 12.4. The van der Waals surface area contributed by atoms with Crippen LogP contribution in [0.2, 0.25) is 0 Å². The van der Waals surface area contributed by atoms with Crippen molar-refractivity contribution in [3.8, 4) is 5.75 Å². The molecule has 0 aromatic heterocycles. The quantitative estimate of drug-likeness (QED) is 0.446. The highest BCUT2D eigenvalue weighted by molar-refractivity contribution is 9.10. The van der Waals surface area contributed by atoms with Crippen molar-refractivity contribution in [2.75, 3.05) is 5.32 Å². The van der Waals surface area contributed by atoms with Gasteiger partial charge in [0.1, 0.15) is 5.75 Å². The summed E-state index contributed by atoms with van der Waals surface area (Å²) in [6, 6.07) is 7.12. The van der Waals surface area contributed by atoms with E-state index >= 15 is 0 Å². The second kappa shape index (κ2) is 7.00. The Hall–Kier alpha value is -2.41. The number of phenolic OH excluding ortho intramolecular Hbond substituents is 1. The van der Waals surface area contributed by atoms with Crippen LogP contribution < -0.4 is 5.32 Å². The van der Waals surface area contributed by atoms with Crippen molar-refractivity contribution in [2.24, 2.45) is 0 Å². The van der Waals surface area contributed by atoms with Crippen molar-refractivity contribution < 1.29 is 14.8 Å². The molecule has 2 rings (SSSR count). The minimum Gasteiger partial charge on any atom is -0.506 e. The number of hydrogen-bond acceptors (Lipinski definition) is 4. The van der Waals surface area contributed by atoms with Gasteiger partial charge in [-0.2, -0.15) is 0 Å². The van der Waals surface area contributed by atoms with E-state index in [1.807, 2.05) is 13.8 Å². The third kappa shape index (κ3) is 3.56. The van der Waals surface area contributed by atoms with E-state index in [9.17, 15) is 20.0 Å². The first-order valence-corrected chi connectivity index (χ1v) is 8.09. The van der Waals surface area contributed by atoms with Crippen LogP contribution in [-0.2, 0) is 0 Å². The van der Waals surface area contributed by atoms with Crippen LogP contribution in [0.15, 0.2) is 34.8 Å². The van der Waals surface area contributed by atoms with E-state index in [0.717, 1.165) is 0 Å². The molecule has 126 valence electrons. The topological polar surface area (TPSA) is 92.5 Å². The second-order valence-corrected chi connectivity index (χ2v) is 6.51. The molecule has 6 nitrogen and oxygen atoms in total. The van der Waals surface area contributed by atoms with Gasteiger partial charge >= 0.3 is 0 Å². The summed E-state index contributed by atoms with van der Waals surface area (Å²) >= 11 is 3.34. The van der Waals surface area contributed by atoms with Crippen molar-refractivity contribution in [1.29, 1.82) is 0 Å². The molecule has 0 heterocycles. The van der Waals surface area contributed by atoms with Crippen molar-refractivity contribution in [1.82, 2.24) is 0 Å². The van der Waals surface area contributed by atoms with Gasteiger partial charge in [-0.1, -0.05) is 13.8 Å². The largest absolute Gasteiger partial charge is 0.506 e. The van der Waals surface area contributed by atoms with Gasteiger partial charge in [-0.05, 0) is 58.1 Å². The highest BCUT2D eigenvalue weighted by Gasteiger charge is 2.17. The maximum Gasteiger partial charge on any atom is 0.269 e. The number of amides is 1. The lowest BCUT2D eigenvalue weighted by molar-refractivity contribution is -0.384. The molecule has 24 heavy (non-hydrogen) atoms. The number of carbonyl (C=O) groups is 1. The molecule has 0 aliphatic carbocycles. The summed E-state index contributed by atoms with van der Waals surface area (Å²) in [4.78, 5) is 22.5. The number of nitro benzene ring substituents is 1. The fourth-order valence-electron chi connectivity index (χ4n) is 2.25. The Kier molecular flexibility index (Phi) is 5.23. The predicted octanol–water partition coefficient (Wildman–Crippen LogP) is 4.75. The summed E-state index contributed by atoms with van der Waals surface area (Å²) < 4.78 is 0.535. The average Bonchev–Trinajstić information content (AvgIpc) is 2.55. The summed E-state index contributed by atoms with van der Waals surface area (Å²) in [6.45, 7) is 5.66. The van der Waals surface area contributed by atoms with Crippen LogP contribution >= 0.6 is 15.9 Å². The molecule has 1 amide bonds. The summed E-state index contributed by atoms with van der Waals surface area (Å²) in [7, 11) is 0. The Morgan fingerprint density at radius 3 is 2.38 bits per heavy atom. The van der Waals surface area contributed by atoms with Gasteiger partial charge in [0.2, 0.25) is 0 Å². The van der Waals surface area contributed by atoms with E-state index in [-0.39, 0.29) is 23.3 Å². The highest BCUT2D eigenvalue weighted by Crippen LogP contribution is 2.39. The van der Waals surface area contributed by atoms with Gasteiger partial charge in [0.25, 0.3) is 11.6 Å². The first-order valence-electron chi connectivity index (χ1n) is 7.30. The smallest absolute Gasteiger partial charge is 0.269 e. The number of halogens is 1. The molecule has 0 unspecified atom stereocenters. The number of carbonyl (C=O) groups excluding carboxylic acids is 1. The lowest BCUT2D eigenvalue weighted by atomic mass is 9.99. The lowest BCUT2D eigenvalue weighted by Gasteiger charge is -2.16. The van der Waals surface area contributed by atoms with E-state index in [1.54, 1.807) is 13.0 Å². The van der Waals surface area contributed by atoms with Gasteiger partial charge in [0, 0.05) is 23.4 Å². The molecule has 0 saturated heterocycles. The normalized spacial score (nSPS) is 10.7. The number of hydrogen-bond donors (Lipinski definition) is 2. The monoisotopic (exact) mass is 392 g/mol. The number of benzene rings is 2. The molecule has 0 saturated carbocycles. The molecule has 0 aliphatic rings. The Labute approximate surface area is 147 Å². The number of phenols is 1. The zero-order valence-corrected chi connectivity index (χ0v) is 15.0. The molecule has 0 aliphatic heterocycles. The lowest BCUT2D eigenvalue weighted by Crippen LogP contribution is -2.13. The number of anilines is 1. The molecular formula is C17H17BrN2O4. The van der Waals surface area contributed by atoms with Crippen molar-refractivity contribution >= 4 is 33.2 Å².